The molecule has 1 saturated carbocycles. The predicted octanol–water partition coefficient (Wildman–Crippen LogP) is 4.31. The molecule has 5 heteroatoms. The third-order valence-electron chi connectivity index (χ3n) is 4.22. The maximum Gasteiger partial charge on any atom is 0.287 e. The van der Waals surface area contributed by atoms with Crippen molar-refractivity contribution >= 4 is 28.2 Å². The Bertz CT molecular complexity index is 890. The van der Waals surface area contributed by atoms with Crippen LogP contribution in [0.2, 0.25) is 0 Å². The summed E-state index contributed by atoms with van der Waals surface area (Å²) in [7, 11) is 0. The van der Waals surface area contributed by atoms with E-state index in [4.69, 9.17) is 4.42 Å². The molecule has 0 aliphatic heterocycles. The van der Waals surface area contributed by atoms with Gasteiger partial charge in [0.1, 0.15) is 5.58 Å². The first-order valence-corrected chi connectivity index (χ1v) is 8.72. The monoisotopic (exact) mass is 326 g/mol. The molecule has 1 amide bonds. The minimum absolute atomic E-state index is 0.183. The van der Waals surface area contributed by atoms with E-state index in [1.807, 2.05) is 37.4 Å². The number of aryl methyl sites for hydroxylation is 2. The number of hydrogen-bond acceptors (Lipinski definition) is 4. The molecule has 1 aliphatic carbocycles. The van der Waals surface area contributed by atoms with Gasteiger partial charge < -0.3 is 9.73 Å². The van der Waals surface area contributed by atoms with Crippen LogP contribution >= 0.6 is 11.3 Å². The smallest absolute Gasteiger partial charge is 0.287 e. The van der Waals surface area contributed by atoms with Crippen molar-refractivity contribution in [2.75, 3.05) is 0 Å². The average molecular weight is 326 g/mol. The molecule has 1 N–H and O–H groups in total. The predicted molar refractivity (Wildman–Crippen MR) is 90.9 cm³/mol. The fourth-order valence-electron chi connectivity index (χ4n) is 2.72. The number of carbonyl (C=O) groups excluding carboxylic acids is 1. The van der Waals surface area contributed by atoms with Crippen molar-refractivity contribution in [2.24, 2.45) is 0 Å². The van der Waals surface area contributed by atoms with Crippen LogP contribution in [-0.2, 0) is 6.54 Å². The van der Waals surface area contributed by atoms with Crippen molar-refractivity contribution in [3.05, 3.63) is 51.2 Å². The zero-order valence-electron chi connectivity index (χ0n) is 13.2. The standard InChI is InChI=1S/C18H18N2O2S/c1-10-3-6-15-14(7-10)11(2)16(22-15)17(21)19-8-13-9-23-18(20-13)12-4-5-12/h3,6-7,9,12H,4-5,8H2,1-2H3,(H,19,21). The number of amides is 1. The van der Waals surface area contributed by atoms with Gasteiger partial charge in [0.05, 0.1) is 17.2 Å². The molecule has 1 aliphatic rings. The molecule has 23 heavy (non-hydrogen) atoms. The first-order chi connectivity index (χ1) is 11.1. The Balaban J connectivity index is 1.50. The van der Waals surface area contributed by atoms with Gasteiger partial charge in [-0.25, -0.2) is 4.98 Å². The normalized spacial score (nSPS) is 14.3. The van der Waals surface area contributed by atoms with Crippen molar-refractivity contribution in [2.45, 2.75) is 39.2 Å². The van der Waals surface area contributed by atoms with Crippen molar-refractivity contribution in [1.29, 1.82) is 0 Å². The Morgan fingerprint density at radius 3 is 3.00 bits per heavy atom. The molecule has 2 aromatic heterocycles. The molecule has 0 atom stereocenters. The summed E-state index contributed by atoms with van der Waals surface area (Å²) in [6, 6.07) is 5.95. The molecule has 0 spiro atoms. The van der Waals surface area contributed by atoms with Crippen LogP contribution < -0.4 is 5.32 Å². The van der Waals surface area contributed by atoms with Gasteiger partial charge in [0.2, 0.25) is 0 Å². The lowest BCUT2D eigenvalue weighted by Gasteiger charge is -2.01. The molecule has 2 heterocycles. The first kappa shape index (κ1) is 14.5. The zero-order valence-corrected chi connectivity index (χ0v) is 14.0. The van der Waals surface area contributed by atoms with Crippen LogP contribution in [0.25, 0.3) is 11.0 Å². The van der Waals surface area contributed by atoms with E-state index in [0.717, 1.165) is 27.8 Å². The van der Waals surface area contributed by atoms with Crippen LogP contribution in [0.3, 0.4) is 0 Å². The van der Waals surface area contributed by atoms with Gasteiger partial charge in [0.25, 0.3) is 5.91 Å². The molecule has 118 valence electrons. The Hall–Kier alpha value is -2.14. The lowest BCUT2D eigenvalue weighted by atomic mass is 10.1. The molecule has 4 rings (SSSR count). The lowest BCUT2D eigenvalue weighted by molar-refractivity contribution is 0.0924. The van der Waals surface area contributed by atoms with Gasteiger partial charge >= 0.3 is 0 Å². The molecule has 4 nitrogen and oxygen atoms in total. The fraction of sp³-hybridized carbons (Fsp3) is 0.333. The molecule has 0 bridgehead atoms. The third-order valence-corrected chi connectivity index (χ3v) is 5.28. The van der Waals surface area contributed by atoms with Crippen LogP contribution in [0.15, 0.2) is 28.0 Å². The maximum absolute atomic E-state index is 12.4. The molecule has 1 fully saturated rings. The van der Waals surface area contributed by atoms with Crippen LogP contribution in [0.5, 0.6) is 0 Å². The SMILES string of the molecule is Cc1ccc2oc(C(=O)NCc3csc(C4CC4)n3)c(C)c2c1. The molecule has 0 radical (unpaired) electrons. The van der Waals surface area contributed by atoms with E-state index in [2.05, 4.69) is 10.3 Å². The van der Waals surface area contributed by atoms with E-state index in [9.17, 15) is 4.79 Å². The highest BCUT2D eigenvalue weighted by atomic mass is 32.1. The summed E-state index contributed by atoms with van der Waals surface area (Å²) >= 11 is 1.69. The topological polar surface area (TPSA) is 55.1 Å². The van der Waals surface area contributed by atoms with Gasteiger partial charge in [0, 0.05) is 22.2 Å². The average Bonchev–Trinajstić information content (AvgIpc) is 3.20. The third kappa shape index (κ3) is 2.77. The highest BCUT2D eigenvalue weighted by Gasteiger charge is 2.26. The number of fused-ring (bicyclic) bond motifs is 1. The summed E-state index contributed by atoms with van der Waals surface area (Å²) in [6.07, 6.45) is 2.49. The second-order valence-electron chi connectivity index (χ2n) is 6.19. The Morgan fingerprint density at radius 1 is 1.39 bits per heavy atom. The van der Waals surface area contributed by atoms with E-state index >= 15 is 0 Å². The second-order valence-corrected chi connectivity index (χ2v) is 7.08. The van der Waals surface area contributed by atoms with E-state index in [-0.39, 0.29) is 5.91 Å². The summed E-state index contributed by atoms with van der Waals surface area (Å²) in [5.74, 6) is 0.867. The highest BCUT2D eigenvalue weighted by molar-refractivity contribution is 7.09. The number of rotatable bonds is 4. The van der Waals surface area contributed by atoms with Gasteiger partial charge in [-0.05, 0) is 38.8 Å². The number of aromatic nitrogens is 1. The number of benzene rings is 1. The molecule has 1 aromatic carbocycles. The number of hydrogen-bond donors (Lipinski definition) is 1. The minimum atomic E-state index is -0.183. The van der Waals surface area contributed by atoms with Crippen molar-refractivity contribution < 1.29 is 9.21 Å². The first-order valence-electron chi connectivity index (χ1n) is 7.84. The summed E-state index contributed by atoms with van der Waals surface area (Å²) in [5.41, 5.74) is 3.72. The van der Waals surface area contributed by atoms with Crippen molar-refractivity contribution in [3.63, 3.8) is 0 Å². The zero-order chi connectivity index (χ0) is 16.0. The van der Waals surface area contributed by atoms with E-state index in [1.54, 1.807) is 11.3 Å². The fourth-order valence-corrected chi connectivity index (χ4v) is 3.72. The summed E-state index contributed by atoms with van der Waals surface area (Å²) < 4.78 is 5.73. The molecular formula is C18H18N2O2S. The molecule has 3 aromatic rings. The van der Waals surface area contributed by atoms with Crippen molar-refractivity contribution in [1.82, 2.24) is 10.3 Å². The van der Waals surface area contributed by atoms with Crippen LogP contribution in [0.4, 0.5) is 0 Å². The summed E-state index contributed by atoms with van der Waals surface area (Å²) in [4.78, 5) is 17.0. The number of thiazole rings is 1. The Labute approximate surface area is 138 Å². The number of carbonyl (C=O) groups is 1. The summed E-state index contributed by atoms with van der Waals surface area (Å²) in [5, 5.41) is 7.14. The van der Waals surface area contributed by atoms with Gasteiger partial charge in [0.15, 0.2) is 5.76 Å². The summed E-state index contributed by atoms with van der Waals surface area (Å²) in [6.45, 7) is 4.40. The van der Waals surface area contributed by atoms with E-state index in [1.165, 1.54) is 17.8 Å². The maximum atomic E-state index is 12.4. The quantitative estimate of drug-likeness (QED) is 0.777. The number of furan rings is 1. The largest absolute Gasteiger partial charge is 0.451 e. The van der Waals surface area contributed by atoms with E-state index in [0.29, 0.717) is 18.2 Å². The molecule has 0 saturated heterocycles. The van der Waals surface area contributed by atoms with Crippen LogP contribution in [0.1, 0.15) is 51.1 Å². The minimum Gasteiger partial charge on any atom is -0.451 e. The van der Waals surface area contributed by atoms with Gasteiger partial charge in [-0.15, -0.1) is 11.3 Å². The molecular weight excluding hydrogens is 308 g/mol. The van der Waals surface area contributed by atoms with Crippen LogP contribution in [-0.4, -0.2) is 10.9 Å². The highest BCUT2D eigenvalue weighted by Crippen LogP contribution is 2.41. The van der Waals surface area contributed by atoms with Gasteiger partial charge in [-0.3, -0.25) is 4.79 Å². The molecule has 0 unspecified atom stereocenters. The van der Waals surface area contributed by atoms with Gasteiger partial charge in [-0.1, -0.05) is 11.6 Å². The van der Waals surface area contributed by atoms with Gasteiger partial charge in [-0.2, -0.15) is 0 Å². The second kappa shape index (κ2) is 5.49. The Morgan fingerprint density at radius 2 is 2.22 bits per heavy atom. The number of nitrogens with one attached hydrogen (secondary N) is 1. The van der Waals surface area contributed by atoms with Crippen molar-refractivity contribution in [3.8, 4) is 0 Å². The number of nitrogens with zero attached hydrogens (tertiary/aromatic N) is 1. The van der Waals surface area contributed by atoms with E-state index < -0.39 is 0 Å². The van der Waals surface area contributed by atoms with Crippen LogP contribution in [0, 0.1) is 13.8 Å². The Kier molecular flexibility index (Phi) is 3.45. The lowest BCUT2D eigenvalue weighted by Crippen LogP contribution is -2.23.